The predicted octanol–water partition coefficient (Wildman–Crippen LogP) is 3.00. The van der Waals surface area contributed by atoms with Crippen molar-refractivity contribution in [2.75, 3.05) is 11.1 Å². The van der Waals surface area contributed by atoms with Crippen molar-refractivity contribution < 1.29 is 4.79 Å². The zero-order valence-electron chi connectivity index (χ0n) is 6.68. The molecule has 64 valence electrons. The Hall–Kier alpha value is 0.240. The normalized spacial score (nSPS) is 10.7. The molecule has 0 spiro atoms. The van der Waals surface area contributed by atoms with Crippen LogP contribution in [-0.2, 0) is 4.79 Å². The second kappa shape index (κ2) is 8.34. The van der Waals surface area contributed by atoms with Crippen molar-refractivity contribution in [3.63, 3.8) is 0 Å². The van der Waals surface area contributed by atoms with Crippen molar-refractivity contribution in [3.8, 4) is 0 Å². The van der Waals surface area contributed by atoms with Gasteiger partial charge < -0.3 is 0 Å². The minimum Gasteiger partial charge on any atom is -0.282 e. The van der Waals surface area contributed by atoms with Gasteiger partial charge >= 0.3 is 0 Å². The number of rotatable bonds is 5. The van der Waals surface area contributed by atoms with Crippen molar-refractivity contribution >= 4 is 32.8 Å². The van der Waals surface area contributed by atoms with Crippen LogP contribution in [0, 0.1) is 0 Å². The van der Waals surface area contributed by atoms with E-state index >= 15 is 0 Å². The summed E-state index contributed by atoms with van der Waals surface area (Å²) in [7, 11) is 0. The summed E-state index contributed by atoms with van der Waals surface area (Å²) in [5.74, 6) is 0.863. The van der Waals surface area contributed by atoms with E-state index in [1.54, 1.807) is 6.08 Å². The van der Waals surface area contributed by atoms with E-state index < -0.39 is 0 Å². The van der Waals surface area contributed by atoms with Gasteiger partial charge in [-0.2, -0.15) is 0 Å². The Kier molecular flexibility index (Phi) is 8.52. The predicted molar refractivity (Wildman–Crippen MR) is 55.3 cm³/mol. The quantitative estimate of drug-likeness (QED) is 0.415. The highest BCUT2D eigenvalue weighted by Crippen LogP contribution is 2.02. The summed E-state index contributed by atoms with van der Waals surface area (Å²) in [5, 5.41) is 1.17. The average molecular weight is 237 g/mol. The van der Waals surface area contributed by atoms with Gasteiger partial charge in [0, 0.05) is 5.33 Å². The number of allylic oxidation sites excluding steroid dienone is 1. The Morgan fingerprint density at radius 3 is 2.91 bits per heavy atom. The van der Waals surface area contributed by atoms with Crippen LogP contribution in [0.3, 0.4) is 0 Å². The van der Waals surface area contributed by atoms with Crippen LogP contribution >= 0.6 is 27.7 Å². The van der Waals surface area contributed by atoms with Crippen molar-refractivity contribution in [2.24, 2.45) is 0 Å². The SMILES string of the molecule is CCSC(=O)/C=C/CCCBr. The zero-order valence-corrected chi connectivity index (χ0v) is 9.08. The molecule has 0 amide bonds. The summed E-state index contributed by atoms with van der Waals surface area (Å²) in [6.07, 6.45) is 5.69. The third-order valence-corrected chi connectivity index (χ3v) is 2.31. The Morgan fingerprint density at radius 2 is 2.36 bits per heavy atom. The largest absolute Gasteiger partial charge is 0.282 e. The molecular formula is C8H13BrOS. The van der Waals surface area contributed by atoms with Crippen LogP contribution in [0.5, 0.6) is 0 Å². The van der Waals surface area contributed by atoms with Crippen LogP contribution < -0.4 is 0 Å². The molecule has 0 atom stereocenters. The van der Waals surface area contributed by atoms with Gasteiger partial charge in [0.05, 0.1) is 0 Å². The maximum absolute atomic E-state index is 10.9. The van der Waals surface area contributed by atoms with Gasteiger partial charge in [0.15, 0.2) is 0 Å². The molecule has 0 radical (unpaired) electrons. The molecule has 0 aliphatic carbocycles. The highest BCUT2D eigenvalue weighted by molar-refractivity contribution is 9.09. The smallest absolute Gasteiger partial charge is 0.211 e. The number of hydrogen-bond acceptors (Lipinski definition) is 2. The Morgan fingerprint density at radius 1 is 1.64 bits per heavy atom. The van der Waals surface area contributed by atoms with E-state index in [2.05, 4.69) is 15.9 Å². The third-order valence-electron chi connectivity index (χ3n) is 1.04. The molecule has 0 aliphatic rings. The van der Waals surface area contributed by atoms with Crippen molar-refractivity contribution in [1.29, 1.82) is 0 Å². The minimum atomic E-state index is 0.169. The number of hydrogen-bond donors (Lipinski definition) is 0. The van der Waals surface area contributed by atoms with Gasteiger partial charge in [0.2, 0.25) is 5.12 Å². The molecule has 0 N–H and O–H groups in total. The maximum atomic E-state index is 10.9. The topological polar surface area (TPSA) is 17.1 Å². The maximum Gasteiger partial charge on any atom is 0.211 e. The number of carbonyl (C=O) groups excluding carboxylic acids is 1. The highest BCUT2D eigenvalue weighted by Gasteiger charge is 1.91. The second-order valence-corrected chi connectivity index (χ2v) is 4.05. The van der Waals surface area contributed by atoms with E-state index in [1.165, 1.54) is 11.8 Å². The standard InChI is InChI=1S/C8H13BrOS/c1-2-11-8(10)6-4-3-5-7-9/h4,6H,2-3,5,7H2,1H3/b6-4+. The molecule has 0 aromatic rings. The van der Waals surface area contributed by atoms with Gasteiger partial charge in [-0.05, 0) is 24.7 Å². The fraction of sp³-hybridized carbons (Fsp3) is 0.625. The fourth-order valence-electron chi connectivity index (χ4n) is 0.565. The van der Waals surface area contributed by atoms with Gasteiger partial charge in [-0.3, -0.25) is 4.79 Å². The Labute approximate surface area is 80.8 Å². The van der Waals surface area contributed by atoms with Gasteiger partial charge in [-0.1, -0.05) is 40.7 Å². The lowest BCUT2D eigenvalue weighted by molar-refractivity contribution is -0.107. The van der Waals surface area contributed by atoms with Gasteiger partial charge in [0.25, 0.3) is 0 Å². The van der Waals surface area contributed by atoms with Gasteiger partial charge in [-0.25, -0.2) is 0 Å². The number of unbranched alkanes of at least 4 members (excludes halogenated alkanes) is 1. The monoisotopic (exact) mass is 236 g/mol. The summed E-state index contributed by atoms with van der Waals surface area (Å²) < 4.78 is 0. The molecule has 1 nitrogen and oxygen atoms in total. The van der Waals surface area contributed by atoms with Crippen LogP contribution in [0.4, 0.5) is 0 Å². The minimum absolute atomic E-state index is 0.169. The summed E-state index contributed by atoms with van der Waals surface area (Å²) in [5.41, 5.74) is 0. The number of alkyl halides is 1. The molecule has 0 fully saturated rings. The molecule has 11 heavy (non-hydrogen) atoms. The van der Waals surface area contributed by atoms with E-state index in [-0.39, 0.29) is 5.12 Å². The van der Waals surface area contributed by atoms with Crippen molar-refractivity contribution in [1.82, 2.24) is 0 Å². The van der Waals surface area contributed by atoms with Crippen molar-refractivity contribution in [3.05, 3.63) is 12.2 Å². The van der Waals surface area contributed by atoms with E-state index in [0.29, 0.717) is 0 Å². The van der Waals surface area contributed by atoms with Crippen LogP contribution in [-0.4, -0.2) is 16.2 Å². The molecule has 0 rings (SSSR count). The molecule has 0 aliphatic heterocycles. The molecule has 0 aromatic heterocycles. The van der Waals surface area contributed by atoms with Crippen LogP contribution in [0.15, 0.2) is 12.2 Å². The molecule has 3 heteroatoms. The van der Waals surface area contributed by atoms with E-state index in [4.69, 9.17) is 0 Å². The lowest BCUT2D eigenvalue weighted by Gasteiger charge is -1.88. The number of halogens is 1. The fourth-order valence-corrected chi connectivity index (χ4v) is 1.37. The third kappa shape index (κ3) is 8.14. The van der Waals surface area contributed by atoms with Crippen LogP contribution in [0.1, 0.15) is 19.8 Å². The average Bonchev–Trinajstić information content (AvgIpc) is 1.99. The lowest BCUT2D eigenvalue weighted by atomic mass is 10.3. The highest BCUT2D eigenvalue weighted by atomic mass is 79.9. The van der Waals surface area contributed by atoms with E-state index in [9.17, 15) is 4.79 Å². The number of thioether (sulfide) groups is 1. The first-order chi connectivity index (χ1) is 5.31. The summed E-state index contributed by atoms with van der Waals surface area (Å²) in [6, 6.07) is 0. The molecule has 0 heterocycles. The van der Waals surface area contributed by atoms with E-state index in [1.807, 2.05) is 13.0 Å². The number of carbonyl (C=O) groups is 1. The molecule has 0 aromatic carbocycles. The van der Waals surface area contributed by atoms with Gasteiger partial charge in [-0.15, -0.1) is 0 Å². The van der Waals surface area contributed by atoms with Crippen molar-refractivity contribution in [2.45, 2.75) is 19.8 Å². The summed E-state index contributed by atoms with van der Waals surface area (Å²) in [4.78, 5) is 10.9. The summed E-state index contributed by atoms with van der Waals surface area (Å²) >= 11 is 4.68. The van der Waals surface area contributed by atoms with Crippen LogP contribution in [0.2, 0.25) is 0 Å². The Bertz CT molecular complexity index is 134. The van der Waals surface area contributed by atoms with E-state index in [0.717, 1.165) is 23.9 Å². The second-order valence-electron chi connectivity index (χ2n) is 1.99. The molecule has 0 unspecified atom stereocenters. The molecule has 0 saturated heterocycles. The molecular weight excluding hydrogens is 224 g/mol. The first-order valence-electron chi connectivity index (χ1n) is 3.70. The lowest BCUT2D eigenvalue weighted by Crippen LogP contribution is -1.84. The summed E-state index contributed by atoms with van der Waals surface area (Å²) in [6.45, 7) is 1.98. The van der Waals surface area contributed by atoms with Crippen LogP contribution in [0.25, 0.3) is 0 Å². The molecule has 0 bridgehead atoms. The zero-order chi connectivity index (χ0) is 8.53. The molecule has 0 saturated carbocycles. The first-order valence-corrected chi connectivity index (χ1v) is 5.81. The van der Waals surface area contributed by atoms with Gasteiger partial charge in [0.1, 0.15) is 0 Å². The Balaban J connectivity index is 3.32. The first kappa shape index (κ1) is 11.2.